The maximum Gasteiger partial charge on any atom is 0.148 e. The van der Waals surface area contributed by atoms with Crippen LogP contribution in [0.2, 0.25) is 0 Å². The normalized spacial score (nSPS) is 8.17. The van der Waals surface area contributed by atoms with Gasteiger partial charge in [-0.2, -0.15) is 5.26 Å². The van der Waals surface area contributed by atoms with E-state index in [1.54, 1.807) is 18.2 Å². The summed E-state index contributed by atoms with van der Waals surface area (Å²) in [4.78, 5) is 0. The molecular weight excluding hydrogens is 150 g/mol. The number of ether oxygens (including phenoxy) is 1. The van der Waals surface area contributed by atoms with Crippen molar-refractivity contribution in [1.82, 2.24) is 0 Å². The number of hydrogen-bond acceptors (Lipinski definition) is 2. The predicted molar refractivity (Wildman–Crippen MR) is 44.3 cm³/mol. The zero-order valence-electron chi connectivity index (χ0n) is 6.37. The van der Waals surface area contributed by atoms with Gasteiger partial charge in [-0.05, 0) is 18.2 Å². The second kappa shape index (κ2) is 4.05. The van der Waals surface area contributed by atoms with E-state index in [2.05, 4.69) is 12.0 Å². The fourth-order valence-corrected chi connectivity index (χ4v) is 0.689. The Morgan fingerprint density at radius 1 is 1.58 bits per heavy atom. The molecule has 0 atom stereocenters. The van der Waals surface area contributed by atoms with Gasteiger partial charge in [-0.3, -0.25) is 0 Å². The van der Waals surface area contributed by atoms with Crippen molar-refractivity contribution in [3.05, 3.63) is 29.8 Å². The molecule has 0 aliphatic rings. The number of benzene rings is 1. The van der Waals surface area contributed by atoms with Crippen LogP contribution in [0.25, 0.3) is 0 Å². The van der Waals surface area contributed by atoms with E-state index in [-0.39, 0.29) is 6.61 Å². The molecule has 0 fully saturated rings. The second-order valence-corrected chi connectivity index (χ2v) is 2.05. The first kappa shape index (κ1) is 8.17. The van der Waals surface area contributed by atoms with Crippen molar-refractivity contribution in [2.24, 2.45) is 0 Å². The molecule has 0 saturated carbocycles. The maximum absolute atomic E-state index is 8.46. The predicted octanol–water partition coefficient (Wildman–Crippen LogP) is 1.37. The summed E-state index contributed by atoms with van der Waals surface area (Å²) in [6, 6.07) is 9.64. The van der Waals surface area contributed by atoms with E-state index in [1.807, 2.05) is 6.07 Å². The molecule has 0 N–H and O–H groups in total. The van der Waals surface area contributed by atoms with E-state index in [0.717, 1.165) is 0 Å². The molecule has 0 spiro atoms. The third-order valence-corrected chi connectivity index (χ3v) is 1.22. The van der Waals surface area contributed by atoms with Gasteiger partial charge >= 0.3 is 0 Å². The monoisotopic (exact) mass is 156 g/mol. The number of nitriles is 1. The Morgan fingerprint density at radius 3 is 2.92 bits per heavy atom. The summed E-state index contributed by atoms with van der Waals surface area (Å²) in [6.07, 6.45) is 4.99. The fraction of sp³-hybridized carbons (Fsp3) is 0.100. The Hall–Kier alpha value is -1.93. The van der Waals surface area contributed by atoms with Gasteiger partial charge < -0.3 is 4.74 Å². The lowest BCUT2D eigenvalue weighted by molar-refractivity contribution is 0.369. The van der Waals surface area contributed by atoms with Gasteiger partial charge in [0.1, 0.15) is 12.4 Å². The zero-order chi connectivity index (χ0) is 8.81. The van der Waals surface area contributed by atoms with Crippen molar-refractivity contribution in [2.45, 2.75) is 0 Å². The highest BCUT2D eigenvalue weighted by Gasteiger charge is 1.92. The highest BCUT2D eigenvalue weighted by atomic mass is 16.5. The smallest absolute Gasteiger partial charge is 0.148 e. The van der Waals surface area contributed by atoms with E-state index in [4.69, 9.17) is 16.4 Å². The van der Waals surface area contributed by atoms with E-state index >= 15 is 0 Å². The van der Waals surface area contributed by atoms with Crippen molar-refractivity contribution in [2.75, 3.05) is 6.61 Å². The van der Waals surface area contributed by atoms with Crippen LogP contribution in [0.4, 0.5) is 0 Å². The van der Waals surface area contributed by atoms with Crippen LogP contribution in [0.5, 0.6) is 5.75 Å². The third-order valence-electron chi connectivity index (χ3n) is 1.22. The van der Waals surface area contributed by atoms with E-state index in [9.17, 15) is 0 Å². The lowest BCUT2D eigenvalue weighted by atomic mass is 10.2. The van der Waals surface area contributed by atoms with Gasteiger partial charge in [0.25, 0.3) is 0 Å². The Morgan fingerprint density at radius 2 is 2.42 bits per heavy atom. The summed E-state index contributed by atoms with van der Waals surface area (Å²) in [5.41, 5.74) is 0.558. The molecule has 12 heavy (non-hydrogen) atoms. The van der Waals surface area contributed by atoms with Gasteiger partial charge in [-0.1, -0.05) is 5.92 Å². The Kier molecular flexibility index (Phi) is 2.76. The SMILES string of the molecule is C#CCOc1[c]cc(C#N)cc1. The van der Waals surface area contributed by atoms with E-state index in [1.165, 1.54) is 0 Å². The first-order valence-corrected chi connectivity index (χ1v) is 3.35. The molecule has 0 aliphatic heterocycles. The Bertz CT molecular complexity index is 326. The molecule has 0 aliphatic carbocycles. The molecule has 57 valence electrons. The van der Waals surface area contributed by atoms with Crippen molar-refractivity contribution < 1.29 is 4.74 Å². The van der Waals surface area contributed by atoms with E-state index < -0.39 is 0 Å². The molecule has 0 aromatic heterocycles. The highest BCUT2D eigenvalue weighted by Crippen LogP contribution is 2.09. The lowest BCUT2D eigenvalue weighted by Crippen LogP contribution is -1.92. The Balaban J connectivity index is 2.68. The van der Waals surface area contributed by atoms with Crippen molar-refractivity contribution in [1.29, 1.82) is 5.26 Å². The van der Waals surface area contributed by atoms with Gasteiger partial charge in [-0.15, -0.1) is 6.42 Å². The van der Waals surface area contributed by atoms with Crippen LogP contribution in [0.15, 0.2) is 18.2 Å². The van der Waals surface area contributed by atoms with Crippen LogP contribution in [-0.4, -0.2) is 6.61 Å². The van der Waals surface area contributed by atoms with Gasteiger partial charge in [0.2, 0.25) is 0 Å². The van der Waals surface area contributed by atoms with Crippen LogP contribution in [0.3, 0.4) is 0 Å². The molecule has 2 nitrogen and oxygen atoms in total. The van der Waals surface area contributed by atoms with Gasteiger partial charge in [0.15, 0.2) is 0 Å². The first-order chi connectivity index (χ1) is 5.86. The summed E-state index contributed by atoms with van der Waals surface area (Å²) in [7, 11) is 0. The summed E-state index contributed by atoms with van der Waals surface area (Å²) in [6.45, 7) is 0.225. The van der Waals surface area contributed by atoms with Crippen molar-refractivity contribution in [3.8, 4) is 24.2 Å². The van der Waals surface area contributed by atoms with Crippen molar-refractivity contribution in [3.63, 3.8) is 0 Å². The fourth-order valence-electron chi connectivity index (χ4n) is 0.689. The van der Waals surface area contributed by atoms with Crippen LogP contribution >= 0.6 is 0 Å². The lowest BCUT2D eigenvalue weighted by Gasteiger charge is -1.99. The summed E-state index contributed by atoms with van der Waals surface area (Å²) < 4.78 is 5.05. The van der Waals surface area contributed by atoms with Gasteiger partial charge in [-0.25, -0.2) is 0 Å². The Labute approximate surface area is 71.4 Å². The highest BCUT2D eigenvalue weighted by molar-refractivity contribution is 5.33. The molecular formula is C10H6NO. The average molecular weight is 156 g/mol. The number of hydrogen-bond donors (Lipinski definition) is 0. The van der Waals surface area contributed by atoms with Crippen LogP contribution in [0.1, 0.15) is 5.56 Å². The summed E-state index contributed by atoms with van der Waals surface area (Å²) in [5, 5.41) is 8.46. The topological polar surface area (TPSA) is 33.0 Å². The molecule has 1 radical (unpaired) electrons. The number of terminal acetylenes is 1. The van der Waals surface area contributed by atoms with Crippen LogP contribution in [0, 0.1) is 29.7 Å². The third kappa shape index (κ3) is 2.04. The quantitative estimate of drug-likeness (QED) is 0.606. The minimum absolute atomic E-state index is 0.225. The zero-order valence-corrected chi connectivity index (χ0v) is 6.37. The van der Waals surface area contributed by atoms with E-state index in [0.29, 0.717) is 11.3 Å². The average Bonchev–Trinajstić information content (AvgIpc) is 2.15. The molecule has 1 aromatic rings. The molecule has 1 rings (SSSR count). The minimum atomic E-state index is 0.225. The van der Waals surface area contributed by atoms with Gasteiger partial charge in [0, 0.05) is 6.07 Å². The summed E-state index contributed by atoms with van der Waals surface area (Å²) in [5.74, 6) is 2.90. The summed E-state index contributed by atoms with van der Waals surface area (Å²) >= 11 is 0. The first-order valence-electron chi connectivity index (χ1n) is 3.35. The number of nitrogens with zero attached hydrogens (tertiary/aromatic N) is 1. The van der Waals surface area contributed by atoms with Gasteiger partial charge in [0.05, 0.1) is 11.6 Å². The molecule has 1 aromatic carbocycles. The number of rotatable bonds is 2. The molecule has 0 saturated heterocycles. The molecule has 0 amide bonds. The molecule has 0 bridgehead atoms. The minimum Gasteiger partial charge on any atom is -0.480 e. The van der Waals surface area contributed by atoms with Crippen LogP contribution in [-0.2, 0) is 0 Å². The second-order valence-electron chi connectivity index (χ2n) is 2.05. The largest absolute Gasteiger partial charge is 0.480 e. The molecule has 2 heteroatoms. The van der Waals surface area contributed by atoms with Crippen molar-refractivity contribution >= 4 is 0 Å². The molecule has 0 unspecified atom stereocenters. The van der Waals surface area contributed by atoms with Crippen LogP contribution < -0.4 is 4.74 Å². The molecule has 0 heterocycles. The standard InChI is InChI=1S/C10H6NO/c1-2-7-12-10-5-3-9(8-11)4-6-10/h1,3-5H,7H2. The maximum atomic E-state index is 8.46.